The molecule has 0 aliphatic carbocycles. The molecule has 1 aliphatic heterocycles. The lowest BCUT2D eigenvalue weighted by atomic mass is 9.82. The van der Waals surface area contributed by atoms with Crippen LogP contribution in [0.15, 0.2) is 47.9 Å². The number of rotatable bonds is 6. The highest BCUT2D eigenvalue weighted by molar-refractivity contribution is 5.74. The van der Waals surface area contributed by atoms with Crippen LogP contribution in [-0.4, -0.2) is 36.5 Å². The highest BCUT2D eigenvalue weighted by atomic mass is 16.6. The molecule has 0 spiro atoms. The molecule has 33 heavy (non-hydrogen) atoms. The number of nitrogens with zero attached hydrogens (tertiary/aromatic N) is 3. The average Bonchev–Trinajstić information content (AvgIpc) is 3.25. The van der Waals surface area contributed by atoms with Gasteiger partial charge in [-0.25, -0.2) is 0 Å². The van der Waals surface area contributed by atoms with E-state index in [0.29, 0.717) is 39.6 Å². The molecule has 0 amide bonds. The van der Waals surface area contributed by atoms with Gasteiger partial charge in [0, 0.05) is 35.4 Å². The minimum Gasteiger partial charge on any atom is -0.496 e. The number of nitrogens with one attached hydrogen (secondary N) is 1. The molecular formula is C22H19N5O6. The minimum absolute atomic E-state index is 0.0979. The topological polar surface area (TPSA) is 159 Å². The van der Waals surface area contributed by atoms with Gasteiger partial charge in [-0.05, 0) is 0 Å². The van der Waals surface area contributed by atoms with Crippen molar-refractivity contribution in [3.05, 3.63) is 69.1 Å². The second kappa shape index (κ2) is 8.43. The van der Waals surface area contributed by atoms with Gasteiger partial charge in [-0.3, -0.25) is 15.2 Å². The second-order valence-electron chi connectivity index (χ2n) is 7.00. The molecule has 4 rings (SSSR count). The monoisotopic (exact) mass is 449 g/mol. The molecule has 0 radical (unpaired) electrons. The lowest BCUT2D eigenvalue weighted by Crippen LogP contribution is -2.21. The lowest BCUT2D eigenvalue weighted by Gasteiger charge is -2.27. The molecule has 3 N–H and O–H groups in total. The second-order valence-corrected chi connectivity index (χ2v) is 7.00. The number of ether oxygens (including phenoxy) is 4. The fraction of sp³-hybridized carbons (Fsp3) is 0.182. The number of fused-ring (bicyclic) bond motifs is 1. The van der Waals surface area contributed by atoms with Crippen molar-refractivity contribution in [2.45, 2.75) is 5.92 Å². The Labute approximate surface area is 188 Å². The number of H-pyrrole nitrogens is 1. The maximum atomic E-state index is 11.3. The van der Waals surface area contributed by atoms with Crippen LogP contribution in [0.3, 0.4) is 0 Å². The van der Waals surface area contributed by atoms with Gasteiger partial charge in [-0.2, -0.15) is 5.26 Å². The maximum Gasteiger partial charge on any atom is 0.270 e. The lowest BCUT2D eigenvalue weighted by molar-refractivity contribution is -0.384. The van der Waals surface area contributed by atoms with Crippen LogP contribution in [-0.2, 0) is 0 Å². The summed E-state index contributed by atoms with van der Waals surface area (Å²) >= 11 is 0. The van der Waals surface area contributed by atoms with Crippen molar-refractivity contribution in [2.75, 3.05) is 21.3 Å². The normalized spacial score (nSPS) is 14.7. The van der Waals surface area contributed by atoms with Crippen LogP contribution in [0.1, 0.15) is 17.0 Å². The standard InChI is InChI=1S/C22H19N5O6/c1-30-13-8-15(31-2)18(16(9-13)32-3)17-14(10-23)21(24)33-22-19(17)20(25-26-22)11-5-4-6-12(7-11)27(28)29/h4-9,17H,24H2,1-3H3,(H,25,26). The van der Waals surface area contributed by atoms with E-state index in [1.165, 1.54) is 33.5 Å². The van der Waals surface area contributed by atoms with Crippen LogP contribution in [0.2, 0.25) is 0 Å². The summed E-state index contributed by atoms with van der Waals surface area (Å²) in [7, 11) is 4.47. The van der Waals surface area contributed by atoms with Gasteiger partial charge in [0.05, 0.1) is 43.4 Å². The Morgan fingerprint density at radius 2 is 1.85 bits per heavy atom. The van der Waals surface area contributed by atoms with Crippen molar-refractivity contribution in [2.24, 2.45) is 5.73 Å². The Bertz CT molecular complexity index is 1300. The SMILES string of the molecule is COc1cc(OC)c(C2C(C#N)=C(N)Oc3n[nH]c(-c4cccc([N+](=O)[O-])c4)c32)c(OC)c1. The quantitative estimate of drug-likeness (QED) is 0.425. The molecule has 11 nitrogen and oxygen atoms in total. The molecule has 1 atom stereocenters. The van der Waals surface area contributed by atoms with Crippen molar-refractivity contribution < 1.29 is 23.9 Å². The smallest absolute Gasteiger partial charge is 0.270 e. The number of nitrogens with two attached hydrogens (primary N) is 1. The number of non-ortho nitro benzene ring substituents is 1. The molecule has 0 saturated carbocycles. The Morgan fingerprint density at radius 1 is 1.15 bits per heavy atom. The van der Waals surface area contributed by atoms with Gasteiger partial charge in [-0.1, -0.05) is 12.1 Å². The third-order valence-corrected chi connectivity index (χ3v) is 5.33. The van der Waals surface area contributed by atoms with Crippen LogP contribution in [0.4, 0.5) is 5.69 Å². The summed E-state index contributed by atoms with van der Waals surface area (Å²) < 4.78 is 22.2. The molecule has 1 unspecified atom stereocenters. The first-order valence-corrected chi connectivity index (χ1v) is 9.64. The van der Waals surface area contributed by atoms with Crippen LogP contribution in [0.25, 0.3) is 11.3 Å². The third kappa shape index (κ3) is 3.53. The summed E-state index contributed by atoms with van der Waals surface area (Å²) in [5, 5.41) is 28.3. The van der Waals surface area contributed by atoms with E-state index in [4.69, 9.17) is 24.7 Å². The molecule has 2 heterocycles. The number of benzene rings is 2. The van der Waals surface area contributed by atoms with E-state index >= 15 is 0 Å². The molecule has 1 aliphatic rings. The summed E-state index contributed by atoms with van der Waals surface area (Å²) in [5.74, 6) is 0.473. The Balaban J connectivity index is 2.03. The van der Waals surface area contributed by atoms with E-state index in [9.17, 15) is 15.4 Å². The van der Waals surface area contributed by atoms with Gasteiger partial charge >= 0.3 is 0 Å². The molecule has 1 aromatic heterocycles. The van der Waals surface area contributed by atoms with Crippen LogP contribution < -0.4 is 24.7 Å². The molecule has 2 aromatic carbocycles. The third-order valence-electron chi connectivity index (χ3n) is 5.33. The van der Waals surface area contributed by atoms with E-state index in [1.807, 2.05) is 0 Å². The zero-order chi connectivity index (χ0) is 23.7. The minimum atomic E-state index is -0.803. The first-order valence-electron chi connectivity index (χ1n) is 9.64. The van der Waals surface area contributed by atoms with Gasteiger partial charge in [0.1, 0.15) is 28.9 Å². The van der Waals surface area contributed by atoms with Crippen LogP contribution >= 0.6 is 0 Å². The average molecular weight is 449 g/mol. The van der Waals surface area contributed by atoms with Gasteiger partial charge in [0.25, 0.3) is 5.69 Å². The molecule has 11 heteroatoms. The maximum absolute atomic E-state index is 11.3. The number of aromatic nitrogens is 2. The summed E-state index contributed by atoms with van der Waals surface area (Å²) in [6, 6.07) is 11.5. The number of nitro benzene ring substituents is 1. The van der Waals surface area contributed by atoms with Crippen molar-refractivity contribution in [3.63, 3.8) is 0 Å². The number of nitriles is 1. The first-order chi connectivity index (χ1) is 15.9. The zero-order valence-electron chi connectivity index (χ0n) is 17.9. The van der Waals surface area contributed by atoms with Crippen molar-refractivity contribution in [3.8, 4) is 40.5 Å². The van der Waals surface area contributed by atoms with Crippen molar-refractivity contribution in [1.82, 2.24) is 10.2 Å². The van der Waals surface area contributed by atoms with E-state index in [0.717, 1.165) is 0 Å². The molecule has 0 saturated heterocycles. The van der Waals surface area contributed by atoms with Crippen molar-refractivity contribution in [1.29, 1.82) is 5.26 Å². The highest BCUT2D eigenvalue weighted by Crippen LogP contribution is 2.51. The summed E-state index contributed by atoms with van der Waals surface area (Å²) in [4.78, 5) is 10.8. The van der Waals surface area contributed by atoms with Crippen molar-refractivity contribution >= 4 is 5.69 Å². The Hall–Kier alpha value is -4.72. The fourth-order valence-corrected chi connectivity index (χ4v) is 3.85. The number of allylic oxidation sites excluding steroid dienone is 1. The number of nitro groups is 1. The van der Waals surface area contributed by atoms with E-state index in [1.54, 1.807) is 24.3 Å². The first kappa shape index (κ1) is 21.5. The number of methoxy groups -OCH3 is 3. The van der Waals surface area contributed by atoms with Gasteiger partial charge in [0.2, 0.25) is 11.8 Å². The summed E-state index contributed by atoms with van der Waals surface area (Å²) in [6.07, 6.45) is 0. The van der Waals surface area contributed by atoms with E-state index in [2.05, 4.69) is 16.3 Å². The van der Waals surface area contributed by atoms with E-state index in [-0.39, 0.29) is 23.0 Å². The predicted molar refractivity (Wildman–Crippen MR) is 116 cm³/mol. The highest BCUT2D eigenvalue weighted by Gasteiger charge is 2.39. The number of hydrogen-bond donors (Lipinski definition) is 2. The Morgan fingerprint density at radius 3 is 2.42 bits per heavy atom. The van der Waals surface area contributed by atoms with Crippen LogP contribution in [0.5, 0.6) is 23.1 Å². The van der Waals surface area contributed by atoms with Gasteiger partial charge < -0.3 is 24.7 Å². The fourth-order valence-electron chi connectivity index (χ4n) is 3.85. The molecular weight excluding hydrogens is 430 g/mol. The van der Waals surface area contributed by atoms with Gasteiger partial charge in [0.15, 0.2) is 0 Å². The zero-order valence-corrected chi connectivity index (χ0v) is 17.9. The molecule has 168 valence electrons. The summed E-state index contributed by atoms with van der Waals surface area (Å²) in [6.45, 7) is 0. The summed E-state index contributed by atoms with van der Waals surface area (Å²) in [5.41, 5.74) is 7.95. The molecule has 3 aromatic rings. The number of aromatic amines is 1. The van der Waals surface area contributed by atoms with E-state index < -0.39 is 10.8 Å². The number of hydrogen-bond acceptors (Lipinski definition) is 9. The molecule has 0 bridgehead atoms. The Kier molecular flexibility index (Phi) is 5.49. The largest absolute Gasteiger partial charge is 0.496 e. The molecule has 0 fully saturated rings. The van der Waals surface area contributed by atoms with Gasteiger partial charge in [-0.15, -0.1) is 5.10 Å². The predicted octanol–water partition coefficient (Wildman–Crippen LogP) is 3.23. The van der Waals surface area contributed by atoms with Crippen LogP contribution in [0, 0.1) is 21.4 Å².